The van der Waals surface area contributed by atoms with E-state index >= 15 is 0 Å². The van der Waals surface area contributed by atoms with Crippen molar-refractivity contribution in [2.75, 3.05) is 59.3 Å². The number of carbonyl (C=O) groups is 5. The number of nitrogens with one attached hydrogen (secondary N) is 2. The number of Topliss-reactive ketones (excluding diaryl/α,β-unsaturated/α-hetero) is 3. The average molecular weight is 698 g/mol. The summed E-state index contributed by atoms with van der Waals surface area (Å²) in [5.41, 5.74) is 0.907. The van der Waals surface area contributed by atoms with Crippen LogP contribution in [0.4, 0.5) is 0 Å². The Balaban J connectivity index is 1.74. The van der Waals surface area contributed by atoms with E-state index in [1.54, 1.807) is 0 Å². The summed E-state index contributed by atoms with van der Waals surface area (Å²) in [4.78, 5) is 65.1. The molecule has 0 saturated heterocycles. The van der Waals surface area contributed by atoms with E-state index in [-0.39, 0.29) is 74.6 Å². The minimum Gasteiger partial charge on any atom is -0.381 e. The zero-order valence-corrected chi connectivity index (χ0v) is 29.5. The van der Waals surface area contributed by atoms with Gasteiger partial charge in [-0.25, -0.2) is 4.99 Å². The molecule has 0 aliphatic rings. The predicted molar refractivity (Wildman–Crippen MR) is 192 cm³/mol. The maximum atomic E-state index is 13.2. The highest BCUT2D eigenvalue weighted by Gasteiger charge is 2.22. The van der Waals surface area contributed by atoms with Crippen LogP contribution < -0.4 is 10.6 Å². The summed E-state index contributed by atoms with van der Waals surface area (Å²) < 4.78 is 16.2. The molecular formula is C37H51N3O8S. The highest BCUT2D eigenvalue weighted by molar-refractivity contribution is 7.78. The fourth-order valence-electron chi connectivity index (χ4n) is 5.00. The largest absolute Gasteiger partial charge is 0.381 e. The van der Waals surface area contributed by atoms with Crippen molar-refractivity contribution in [2.45, 2.75) is 71.1 Å². The van der Waals surface area contributed by atoms with Crippen LogP contribution in [0.3, 0.4) is 0 Å². The normalized spacial score (nSPS) is 11.4. The number of ether oxygens (including phenoxy) is 3. The molecule has 49 heavy (non-hydrogen) atoms. The molecule has 11 nitrogen and oxygen atoms in total. The molecule has 2 rings (SSSR count). The van der Waals surface area contributed by atoms with Gasteiger partial charge in [-0.05, 0) is 54.7 Å². The van der Waals surface area contributed by atoms with Gasteiger partial charge in [0, 0.05) is 64.1 Å². The van der Waals surface area contributed by atoms with E-state index in [0.717, 1.165) is 16.3 Å². The number of nitrogens with zero attached hydrogens (tertiary/aromatic N) is 1. The number of hydrogen-bond acceptors (Lipinski definition) is 10. The Morgan fingerprint density at radius 3 is 2.29 bits per heavy atom. The molecule has 2 aromatic rings. The van der Waals surface area contributed by atoms with E-state index < -0.39 is 5.92 Å². The second-order valence-electron chi connectivity index (χ2n) is 11.8. The molecule has 0 heterocycles. The van der Waals surface area contributed by atoms with Gasteiger partial charge in [-0.1, -0.05) is 48.9 Å². The van der Waals surface area contributed by atoms with Gasteiger partial charge in [0.2, 0.25) is 11.8 Å². The zero-order valence-electron chi connectivity index (χ0n) is 28.7. The predicted octanol–water partition coefficient (Wildman–Crippen LogP) is 4.62. The molecule has 0 spiro atoms. The summed E-state index contributed by atoms with van der Waals surface area (Å²) in [5.74, 6) is -0.704. The first-order chi connectivity index (χ1) is 23.8. The van der Waals surface area contributed by atoms with E-state index in [1.165, 1.54) is 6.92 Å². The van der Waals surface area contributed by atoms with E-state index in [2.05, 4.69) is 33.0 Å². The Bertz CT molecular complexity index is 1380. The Hall–Kier alpha value is -3.67. The van der Waals surface area contributed by atoms with Crippen LogP contribution in [0.2, 0.25) is 0 Å². The fourth-order valence-corrected chi connectivity index (χ4v) is 5.09. The van der Waals surface area contributed by atoms with Crippen molar-refractivity contribution in [3.05, 3.63) is 48.0 Å². The molecule has 0 aliphatic heterocycles. The number of benzene rings is 2. The Morgan fingerprint density at radius 1 is 0.755 bits per heavy atom. The highest BCUT2D eigenvalue weighted by atomic mass is 32.1. The molecule has 0 fully saturated rings. The van der Waals surface area contributed by atoms with Crippen molar-refractivity contribution in [2.24, 2.45) is 10.9 Å². The number of thiocarbonyl (C=S) groups is 1. The first-order valence-electron chi connectivity index (χ1n) is 17.1. The molecule has 2 aromatic carbocycles. The Labute approximate surface area is 294 Å². The topological polar surface area (TPSA) is 149 Å². The SMILES string of the molecule is CC(=O)CCOCCCC(=O)CCOCCNC(=O)C(CCCCNC(=O)CCOCCN=C=S)CC(=O)Cc1ccc2ccccc2c1. The van der Waals surface area contributed by atoms with Crippen LogP contribution in [-0.4, -0.2) is 93.6 Å². The van der Waals surface area contributed by atoms with Gasteiger partial charge in [0.25, 0.3) is 0 Å². The first-order valence-corrected chi connectivity index (χ1v) is 17.5. The van der Waals surface area contributed by atoms with Gasteiger partial charge in [-0.15, -0.1) is 0 Å². The molecule has 1 unspecified atom stereocenters. The summed E-state index contributed by atoms with van der Waals surface area (Å²) >= 11 is 4.50. The van der Waals surface area contributed by atoms with Crippen molar-refractivity contribution in [3.63, 3.8) is 0 Å². The lowest BCUT2D eigenvalue weighted by Gasteiger charge is -2.17. The summed E-state index contributed by atoms with van der Waals surface area (Å²) in [6.07, 6.45) is 4.07. The zero-order chi connectivity index (χ0) is 35.5. The number of isothiocyanates is 1. The number of fused-ring (bicyclic) bond motifs is 1. The first kappa shape index (κ1) is 41.5. The number of carbonyl (C=O) groups excluding carboxylic acids is 5. The fraction of sp³-hybridized carbons (Fsp3) is 0.568. The molecule has 0 bridgehead atoms. The molecule has 0 saturated carbocycles. The second-order valence-corrected chi connectivity index (χ2v) is 12.0. The lowest BCUT2D eigenvalue weighted by molar-refractivity contribution is -0.129. The third-order valence-electron chi connectivity index (χ3n) is 7.66. The van der Waals surface area contributed by atoms with E-state index in [9.17, 15) is 24.0 Å². The van der Waals surface area contributed by atoms with Gasteiger partial charge in [-0.2, -0.15) is 0 Å². The van der Waals surface area contributed by atoms with Gasteiger partial charge in [-0.3, -0.25) is 24.0 Å². The lowest BCUT2D eigenvalue weighted by atomic mass is 9.92. The summed E-state index contributed by atoms with van der Waals surface area (Å²) in [6.45, 7) is 4.66. The third-order valence-corrected chi connectivity index (χ3v) is 7.79. The van der Waals surface area contributed by atoms with Crippen LogP contribution in [0.25, 0.3) is 10.8 Å². The molecule has 0 radical (unpaired) electrons. The monoisotopic (exact) mass is 697 g/mol. The summed E-state index contributed by atoms with van der Waals surface area (Å²) in [6, 6.07) is 13.9. The number of hydrogen-bond donors (Lipinski definition) is 2. The minimum atomic E-state index is -0.508. The molecule has 1 atom stereocenters. The maximum absolute atomic E-state index is 13.2. The average Bonchev–Trinajstić information content (AvgIpc) is 3.08. The van der Waals surface area contributed by atoms with Crippen LogP contribution in [0.1, 0.15) is 70.3 Å². The van der Waals surface area contributed by atoms with Crippen LogP contribution in [-0.2, 0) is 44.6 Å². The van der Waals surface area contributed by atoms with Crippen LogP contribution >= 0.6 is 12.2 Å². The Kier molecular flexibility index (Phi) is 22.2. The van der Waals surface area contributed by atoms with E-state index in [1.807, 2.05) is 42.5 Å². The summed E-state index contributed by atoms with van der Waals surface area (Å²) in [5, 5.41) is 10.2. The van der Waals surface area contributed by atoms with Crippen molar-refractivity contribution >= 4 is 57.3 Å². The van der Waals surface area contributed by atoms with Crippen molar-refractivity contribution in [3.8, 4) is 0 Å². The molecular weight excluding hydrogens is 646 g/mol. The minimum absolute atomic E-state index is 0.0148. The van der Waals surface area contributed by atoms with Gasteiger partial charge >= 0.3 is 0 Å². The van der Waals surface area contributed by atoms with Crippen molar-refractivity contribution < 1.29 is 38.2 Å². The van der Waals surface area contributed by atoms with Gasteiger partial charge < -0.3 is 24.8 Å². The number of amides is 2. The number of ketones is 3. The van der Waals surface area contributed by atoms with Crippen LogP contribution in [0.5, 0.6) is 0 Å². The highest BCUT2D eigenvalue weighted by Crippen LogP contribution is 2.19. The van der Waals surface area contributed by atoms with Crippen LogP contribution in [0.15, 0.2) is 47.5 Å². The molecule has 0 aromatic heterocycles. The van der Waals surface area contributed by atoms with Crippen molar-refractivity contribution in [1.29, 1.82) is 0 Å². The molecule has 12 heteroatoms. The van der Waals surface area contributed by atoms with Crippen LogP contribution in [0, 0.1) is 5.92 Å². The summed E-state index contributed by atoms with van der Waals surface area (Å²) in [7, 11) is 0. The van der Waals surface area contributed by atoms with E-state index in [0.29, 0.717) is 78.0 Å². The quantitative estimate of drug-likeness (QED) is 0.0706. The standard InChI is InChI=1S/C37H51N3O8S/c1-29(41)13-20-46-19-6-10-34(42)14-21-47-24-18-40-37(45)33(9-4-5-16-39-36(44)15-22-48-23-17-38-28-49)27-35(43)26-30-11-12-31-7-2-3-8-32(31)25-30/h2-3,7-8,11-12,25,33H,4-6,9-10,13-24,26-27H2,1H3,(H,39,44)(H,40,45). The number of unbranched alkanes of at least 4 members (excludes halogenated alkanes) is 1. The maximum Gasteiger partial charge on any atom is 0.223 e. The molecule has 0 aliphatic carbocycles. The lowest BCUT2D eigenvalue weighted by Crippen LogP contribution is -2.35. The van der Waals surface area contributed by atoms with Crippen molar-refractivity contribution in [1.82, 2.24) is 10.6 Å². The van der Waals surface area contributed by atoms with Gasteiger partial charge in [0.1, 0.15) is 17.3 Å². The number of rotatable bonds is 29. The second kappa shape index (κ2) is 26.2. The van der Waals surface area contributed by atoms with Gasteiger partial charge in [0.15, 0.2) is 0 Å². The molecule has 268 valence electrons. The van der Waals surface area contributed by atoms with E-state index in [4.69, 9.17) is 14.2 Å². The number of aliphatic imine (C=N–C) groups is 1. The molecule has 2 N–H and O–H groups in total. The Morgan fingerprint density at radius 2 is 1.49 bits per heavy atom. The van der Waals surface area contributed by atoms with Gasteiger partial charge in [0.05, 0.1) is 44.7 Å². The smallest absolute Gasteiger partial charge is 0.223 e. The third kappa shape index (κ3) is 20.4. The molecule has 2 amide bonds.